The third-order valence-electron chi connectivity index (χ3n) is 9.51. The van der Waals surface area contributed by atoms with Crippen LogP contribution in [-0.2, 0) is 0 Å². The van der Waals surface area contributed by atoms with Crippen molar-refractivity contribution in [1.29, 1.82) is 0 Å². The highest BCUT2D eigenvalue weighted by Crippen LogP contribution is 2.41. The van der Waals surface area contributed by atoms with Gasteiger partial charge in [-0.2, -0.15) is 0 Å². The van der Waals surface area contributed by atoms with E-state index in [4.69, 9.17) is 9.97 Å². The van der Waals surface area contributed by atoms with Crippen molar-refractivity contribution >= 4 is 54.6 Å². The molecule has 0 aliphatic heterocycles. The highest BCUT2D eigenvalue weighted by Gasteiger charge is 2.22. The molecule has 3 aromatic heterocycles. The standard InChI is InChI=1S/C44H28N4/c1-3-13-29(14-4-1)30-23-25-31(26-24-30)43-44(46-38-20-10-9-19-37(38)45-43)48-40-22-12-8-18-34(40)36-27-41-35(28-42(36)48)33-17-7-11-21-39(33)47(41)32-15-5-2-6-16-32/h1-28H. The Kier molecular flexibility index (Phi) is 5.84. The van der Waals surface area contributed by atoms with Crippen LogP contribution in [0.25, 0.3) is 88.5 Å². The summed E-state index contributed by atoms with van der Waals surface area (Å²) in [5, 5.41) is 4.78. The smallest absolute Gasteiger partial charge is 0.165 e. The summed E-state index contributed by atoms with van der Waals surface area (Å²) in [6.45, 7) is 0. The van der Waals surface area contributed by atoms with Gasteiger partial charge in [-0.3, -0.25) is 4.57 Å². The third kappa shape index (κ3) is 4.03. The first-order valence-corrected chi connectivity index (χ1v) is 16.3. The minimum absolute atomic E-state index is 0.818. The maximum atomic E-state index is 5.37. The van der Waals surface area contributed by atoms with Gasteiger partial charge in [-0.15, -0.1) is 0 Å². The van der Waals surface area contributed by atoms with E-state index in [1.165, 1.54) is 43.7 Å². The summed E-state index contributed by atoms with van der Waals surface area (Å²) in [5.41, 5.74) is 11.7. The number of hydrogen-bond donors (Lipinski definition) is 0. The average molecular weight is 613 g/mol. The topological polar surface area (TPSA) is 35.6 Å². The second-order valence-electron chi connectivity index (χ2n) is 12.3. The SMILES string of the molecule is c1ccc(-c2ccc(-c3nc4ccccc4nc3-n3c4ccccc4c4cc5c(cc43)c3ccccc3n5-c3ccccc3)cc2)cc1. The van der Waals surface area contributed by atoms with Gasteiger partial charge in [0.05, 0.1) is 33.1 Å². The molecular formula is C44H28N4. The van der Waals surface area contributed by atoms with Gasteiger partial charge in [-0.25, -0.2) is 9.97 Å². The van der Waals surface area contributed by atoms with Gasteiger partial charge >= 0.3 is 0 Å². The van der Waals surface area contributed by atoms with E-state index in [-0.39, 0.29) is 0 Å². The molecule has 7 aromatic carbocycles. The molecule has 224 valence electrons. The minimum atomic E-state index is 0.818. The Morgan fingerprint density at radius 2 is 0.812 bits per heavy atom. The zero-order valence-corrected chi connectivity index (χ0v) is 26.0. The molecule has 3 heterocycles. The zero-order valence-electron chi connectivity index (χ0n) is 26.0. The van der Waals surface area contributed by atoms with E-state index in [2.05, 4.69) is 149 Å². The predicted octanol–water partition coefficient (Wildman–Crippen LogP) is 11.2. The summed E-state index contributed by atoms with van der Waals surface area (Å²) < 4.78 is 4.70. The third-order valence-corrected chi connectivity index (χ3v) is 9.51. The van der Waals surface area contributed by atoms with Gasteiger partial charge in [0.15, 0.2) is 5.82 Å². The Morgan fingerprint density at radius 1 is 0.333 bits per heavy atom. The number of para-hydroxylation sites is 5. The monoisotopic (exact) mass is 612 g/mol. The molecular weight excluding hydrogens is 585 g/mol. The lowest BCUT2D eigenvalue weighted by molar-refractivity contribution is 1.08. The molecule has 0 fully saturated rings. The first-order valence-electron chi connectivity index (χ1n) is 16.3. The molecule has 0 N–H and O–H groups in total. The molecule has 0 saturated carbocycles. The molecule has 0 radical (unpaired) electrons. The second-order valence-corrected chi connectivity index (χ2v) is 12.3. The number of hydrogen-bond acceptors (Lipinski definition) is 2. The summed E-state index contributed by atoms with van der Waals surface area (Å²) in [6.07, 6.45) is 0. The summed E-state index contributed by atoms with van der Waals surface area (Å²) in [4.78, 5) is 10.7. The molecule has 0 bridgehead atoms. The number of nitrogens with zero attached hydrogens (tertiary/aromatic N) is 4. The molecule has 4 nitrogen and oxygen atoms in total. The van der Waals surface area contributed by atoms with Gasteiger partial charge in [0, 0.05) is 32.8 Å². The molecule has 0 saturated heterocycles. The van der Waals surface area contributed by atoms with Crippen molar-refractivity contribution in [2.45, 2.75) is 0 Å². The molecule has 10 rings (SSSR count). The van der Waals surface area contributed by atoms with Crippen LogP contribution in [0.3, 0.4) is 0 Å². The Labute approximate surface area is 276 Å². The van der Waals surface area contributed by atoms with E-state index >= 15 is 0 Å². The van der Waals surface area contributed by atoms with Crippen molar-refractivity contribution in [2.75, 3.05) is 0 Å². The van der Waals surface area contributed by atoms with E-state index in [9.17, 15) is 0 Å². The van der Waals surface area contributed by atoms with E-state index in [1.54, 1.807) is 0 Å². The summed E-state index contributed by atoms with van der Waals surface area (Å²) in [5.74, 6) is 0.818. The highest BCUT2D eigenvalue weighted by molar-refractivity contribution is 6.19. The van der Waals surface area contributed by atoms with Crippen LogP contribution in [0.5, 0.6) is 0 Å². The van der Waals surface area contributed by atoms with Crippen LogP contribution < -0.4 is 0 Å². The maximum Gasteiger partial charge on any atom is 0.165 e. The minimum Gasteiger partial charge on any atom is -0.309 e. The van der Waals surface area contributed by atoms with E-state index < -0.39 is 0 Å². The van der Waals surface area contributed by atoms with Crippen LogP contribution in [0.1, 0.15) is 0 Å². The molecule has 0 aliphatic carbocycles. The fourth-order valence-corrected chi connectivity index (χ4v) is 7.31. The Morgan fingerprint density at radius 3 is 1.48 bits per heavy atom. The molecule has 0 atom stereocenters. The fraction of sp³-hybridized carbons (Fsp3) is 0. The van der Waals surface area contributed by atoms with Crippen molar-refractivity contribution in [2.24, 2.45) is 0 Å². The molecule has 0 amide bonds. The van der Waals surface area contributed by atoms with Crippen LogP contribution in [0.4, 0.5) is 0 Å². The Balaban J connectivity index is 1.29. The number of rotatable bonds is 4. The number of benzene rings is 7. The number of fused-ring (bicyclic) bond motifs is 7. The molecule has 0 aliphatic rings. The predicted molar refractivity (Wildman–Crippen MR) is 199 cm³/mol. The summed E-state index contributed by atoms with van der Waals surface area (Å²) >= 11 is 0. The molecule has 10 aromatic rings. The quantitative estimate of drug-likeness (QED) is 0.198. The van der Waals surface area contributed by atoms with Crippen LogP contribution in [0.15, 0.2) is 170 Å². The average Bonchev–Trinajstić information content (AvgIpc) is 3.66. The molecule has 0 spiro atoms. The van der Waals surface area contributed by atoms with Gasteiger partial charge in [0.25, 0.3) is 0 Å². The summed E-state index contributed by atoms with van der Waals surface area (Å²) in [6, 6.07) is 60.0. The first kappa shape index (κ1) is 26.7. The van der Waals surface area contributed by atoms with Crippen molar-refractivity contribution in [3.8, 4) is 33.9 Å². The normalized spacial score (nSPS) is 11.8. The Bertz CT molecular complexity index is 2810. The van der Waals surface area contributed by atoms with Gasteiger partial charge in [-0.05, 0) is 59.7 Å². The second kappa shape index (κ2) is 10.5. The van der Waals surface area contributed by atoms with Crippen molar-refractivity contribution in [3.63, 3.8) is 0 Å². The number of aromatic nitrogens is 4. The Hall–Kier alpha value is -6.52. The van der Waals surface area contributed by atoms with E-state index in [0.717, 1.165) is 44.8 Å². The van der Waals surface area contributed by atoms with Gasteiger partial charge in [0.2, 0.25) is 0 Å². The lowest BCUT2D eigenvalue weighted by Gasteiger charge is -2.14. The van der Waals surface area contributed by atoms with Crippen LogP contribution in [-0.4, -0.2) is 19.1 Å². The fourth-order valence-electron chi connectivity index (χ4n) is 7.31. The lowest BCUT2D eigenvalue weighted by Crippen LogP contribution is -2.03. The highest BCUT2D eigenvalue weighted by atomic mass is 15.1. The van der Waals surface area contributed by atoms with Crippen molar-refractivity contribution in [3.05, 3.63) is 170 Å². The lowest BCUT2D eigenvalue weighted by atomic mass is 10.0. The van der Waals surface area contributed by atoms with Crippen molar-refractivity contribution < 1.29 is 0 Å². The molecule has 48 heavy (non-hydrogen) atoms. The van der Waals surface area contributed by atoms with Crippen LogP contribution in [0.2, 0.25) is 0 Å². The summed E-state index contributed by atoms with van der Waals surface area (Å²) in [7, 11) is 0. The van der Waals surface area contributed by atoms with Crippen LogP contribution >= 0.6 is 0 Å². The first-order chi connectivity index (χ1) is 23.8. The largest absolute Gasteiger partial charge is 0.309 e. The van der Waals surface area contributed by atoms with Gasteiger partial charge < -0.3 is 4.57 Å². The van der Waals surface area contributed by atoms with E-state index in [1.807, 2.05) is 30.3 Å². The van der Waals surface area contributed by atoms with E-state index in [0.29, 0.717) is 0 Å². The maximum absolute atomic E-state index is 5.37. The zero-order chi connectivity index (χ0) is 31.6. The van der Waals surface area contributed by atoms with Gasteiger partial charge in [-0.1, -0.05) is 121 Å². The molecule has 4 heteroatoms. The van der Waals surface area contributed by atoms with Crippen LogP contribution in [0, 0.1) is 0 Å². The van der Waals surface area contributed by atoms with Crippen molar-refractivity contribution in [1.82, 2.24) is 19.1 Å². The molecule has 0 unspecified atom stereocenters. The van der Waals surface area contributed by atoms with Gasteiger partial charge in [0.1, 0.15) is 5.69 Å².